The molecule has 0 unspecified atom stereocenters. The number of amides is 1. The number of hydrogen-bond acceptors (Lipinski definition) is 6. The third-order valence-corrected chi connectivity index (χ3v) is 5.33. The highest BCUT2D eigenvalue weighted by Crippen LogP contribution is 2.37. The van der Waals surface area contributed by atoms with Crippen molar-refractivity contribution in [3.05, 3.63) is 23.8 Å². The number of rotatable bonds is 3. The lowest BCUT2D eigenvalue weighted by Crippen LogP contribution is -2.51. The number of benzene rings is 1. The molecule has 2 N–H and O–H groups in total. The average Bonchev–Trinajstić information content (AvgIpc) is 3.10. The second-order valence-electron chi connectivity index (χ2n) is 6.94. The summed E-state index contributed by atoms with van der Waals surface area (Å²) in [5, 5.41) is 13.9. The van der Waals surface area contributed by atoms with Gasteiger partial charge in [0.05, 0.1) is 12.6 Å². The van der Waals surface area contributed by atoms with Crippen molar-refractivity contribution in [1.82, 2.24) is 15.1 Å². The Hall–Kier alpha value is -1.54. The second kappa shape index (κ2) is 8.43. The molecule has 144 valence electrons. The zero-order chi connectivity index (χ0) is 17.2. The van der Waals surface area contributed by atoms with Gasteiger partial charge in [0.25, 0.3) is 0 Å². The van der Waals surface area contributed by atoms with E-state index < -0.39 is 6.10 Å². The summed E-state index contributed by atoms with van der Waals surface area (Å²) in [6.45, 7) is 5.45. The van der Waals surface area contributed by atoms with E-state index >= 15 is 0 Å². The molecule has 0 aromatic heterocycles. The second-order valence-corrected chi connectivity index (χ2v) is 6.94. The SMILES string of the molecule is Cl.O=C(CN1CCNCC1)N1CC[C@@H](c2ccc3c(c2)OCO3)[C@H](O)C1. The smallest absolute Gasteiger partial charge is 0.236 e. The molecule has 1 aromatic carbocycles. The Morgan fingerprint density at radius 3 is 2.73 bits per heavy atom. The van der Waals surface area contributed by atoms with Crippen LogP contribution in [0.4, 0.5) is 0 Å². The molecule has 2 saturated heterocycles. The zero-order valence-electron chi connectivity index (χ0n) is 14.7. The molecule has 3 heterocycles. The number of β-amino-alcohol motifs (C(OH)–C–C–N with tert-alkyl or cyclic N) is 1. The first-order chi connectivity index (χ1) is 12.2. The molecule has 3 aliphatic rings. The highest BCUT2D eigenvalue weighted by molar-refractivity contribution is 5.85. The van der Waals surface area contributed by atoms with Crippen LogP contribution >= 0.6 is 12.4 Å². The Kier molecular flexibility index (Phi) is 6.24. The van der Waals surface area contributed by atoms with Crippen molar-refractivity contribution < 1.29 is 19.4 Å². The minimum Gasteiger partial charge on any atom is -0.454 e. The van der Waals surface area contributed by atoms with Crippen molar-refractivity contribution in [2.75, 3.05) is 52.6 Å². The topological polar surface area (TPSA) is 74.3 Å². The van der Waals surface area contributed by atoms with Gasteiger partial charge in [-0.25, -0.2) is 0 Å². The number of piperazine rings is 1. The molecule has 0 aliphatic carbocycles. The third-order valence-electron chi connectivity index (χ3n) is 5.33. The van der Waals surface area contributed by atoms with Gasteiger partial charge < -0.3 is 24.8 Å². The van der Waals surface area contributed by atoms with Crippen LogP contribution in [-0.4, -0.2) is 79.5 Å². The molecular formula is C18H26ClN3O4. The lowest BCUT2D eigenvalue weighted by atomic mass is 9.87. The summed E-state index contributed by atoms with van der Waals surface area (Å²) in [5.41, 5.74) is 1.05. The number of nitrogens with zero attached hydrogens (tertiary/aromatic N) is 2. The van der Waals surface area contributed by atoms with Gasteiger partial charge in [-0.05, 0) is 24.1 Å². The molecule has 3 aliphatic heterocycles. The molecule has 1 aromatic rings. The molecular weight excluding hydrogens is 358 g/mol. The first-order valence-electron chi connectivity index (χ1n) is 8.99. The van der Waals surface area contributed by atoms with Gasteiger partial charge in [0, 0.05) is 45.2 Å². The molecule has 0 bridgehead atoms. The van der Waals surface area contributed by atoms with Crippen LogP contribution in [0.2, 0.25) is 0 Å². The number of hydrogen-bond donors (Lipinski definition) is 2. The molecule has 1 amide bonds. The summed E-state index contributed by atoms with van der Waals surface area (Å²) in [6, 6.07) is 5.83. The molecule has 26 heavy (non-hydrogen) atoms. The van der Waals surface area contributed by atoms with E-state index in [1.807, 2.05) is 18.2 Å². The van der Waals surface area contributed by atoms with E-state index in [4.69, 9.17) is 9.47 Å². The predicted molar refractivity (Wildman–Crippen MR) is 99.1 cm³/mol. The summed E-state index contributed by atoms with van der Waals surface area (Å²) < 4.78 is 10.8. The number of halogens is 1. The summed E-state index contributed by atoms with van der Waals surface area (Å²) >= 11 is 0. The normalized spacial score (nSPS) is 25.7. The number of piperidine rings is 1. The van der Waals surface area contributed by atoms with Gasteiger partial charge in [-0.2, -0.15) is 0 Å². The number of carbonyl (C=O) groups is 1. The van der Waals surface area contributed by atoms with Crippen molar-refractivity contribution >= 4 is 18.3 Å². The van der Waals surface area contributed by atoms with Gasteiger partial charge in [0.1, 0.15) is 0 Å². The maximum Gasteiger partial charge on any atom is 0.236 e. The maximum absolute atomic E-state index is 12.5. The Bertz CT molecular complexity index is 639. The van der Waals surface area contributed by atoms with Crippen LogP contribution < -0.4 is 14.8 Å². The number of nitrogens with one attached hydrogen (secondary N) is 1. The molecule has 8 heteroatoms. The highest BCUT2D eigenvalue weighted by atomic mass is 35.5. The summed E-state index contributed by atoms with van der Waals surface area (Å²) in [6.07, 6.45) is 0.203. The van der Waals surface area contributed by atoms with Crippen molar-refractivity contribution in [2.24, 2.45) is 0 Å². The van der Waals surface area contributed by atoms with Gasteiger partial charge in [-0.1, -0.05) is 6.07 Å². The fourth-order valence-electron chi connectivity index (χ4n) is 3.85. The zero-order valence-corrected chi connectivity index (χ0v) is 15.5. The van der Waals surface area contributed by atoms with E-state index in [1.165, 1.54) is 0 Å². The number of ether oxygens (including phenoxy) is 2. The number of aliphatic hydroxyl groups excluding tert-OH is 1. The van der Waals surface area contributed by atoms with Crippen LogP contribution in [0.25, 0.3) is 0 Å². The minimum atomic E-state index is -0.555. The quantitative estimate of drug-likeness (QED) is 0.788. The van der Waals surface area contributed by atoms with E-state index in [2.05, 4.69) is 10.2 Å². The van der Waals surface area contributed by atoms with Crippen molar-refractivity contribution in [3.63, 3.8) is 0 Å². The molecule has 2 atom stereocenters. The van der Waals surface area contributed by atoms with Gasteiger partial charge in [-0.3, -0.25) is 9.69 Å². The van der Waals surface area contributed by atoms with Crippen LogP contribution in [0.15, 0.2) is 18.2 Å². The minimum absolute atomic E-state index is 0. The molecule has 0 saturated carbocycles. The van der Waals surface area contributed by atoms with Crippen LogP contribution in [0.3, 0.4) is 0 Å². The Labute approximate surface area is 159 Å². The lowest BCUT2D eigenvalue weighted by Gasteiger charge is -2.37. The average molecular weight is 384 g/mol. The Morgan fingerprint density at radius 2 is 1.96 bits per heavy atom. The van der Waals surface area contributed by atoms with Gasteiger partial charge in [-0.15, -0.1) is 12.4 Å². The molecule has 7 nitrogen and oxygen atoms in total. The predicted octanol–water partition coefficient (Wildman–Crippen LogP) is 0.419. The first kappa shape index (κ1) is 19.2. The highest BCUT2D eigenvalue weighted by Gasteiger charge is 2.32. The van der Waals surface area contributed by atoms with E-state index in [-0.39, 0.29) is 31.0 Å². The van der Waals surface area contributed by atoms with Crippen molar-refractivity contribution in [1.29, 1.82) is 0 Å². The fourth-order valence-corrected chi connectivity index (χ4v) is 3.85. The van der Waals surface area contributed by atoms with Gasteiger partial charge >= 0.3 is 0 Å². The molecule has 0 radical (unpaired) electrons. The largest absolute Gasteiger partial charge is 0.454 e. The van der Waals surface area contributed by atoms with Crippen LogP contribution in [0, 0.1) is 0 Å². The third kappa shape index (κ3) is 4.06. The molecule has 0 spiro atoms. The standard InChI is InChI=1S/C18H25N3O4.ClH/c22-15-10-21(18(23)11-20-7-4-19-5-8-20)6-3-14(15)13-1-2-16-17(9-13)25-12-24-16;/h1-2,9,14-15,19,22H,3-8,10-12H2;1H/t14-,15+;/m0./s1. The Morgan fingerprint density at radius 1 is 1.19 bits per heavy atom. The lowest BCUT2D eigenvalue weighted by molar-refractivity contribution is -0.136. The van der Waals surface area contributed by atoms with Crippen LogP contribution in [0.1, 0.15) is 17.9 Å². The summed E-state index contributed by atoms with van der Waals surface area (Å²) in [7, 11) is 0. The van der Waals surface area contributed by atoms with Crippen LogP contribution in [0.5, 0.6) is 11.5 Å². The molecule has 4 rings (SSSR count). The van der Waals surface area contributed by atoms with E-state index in [0.29, 0.717) is 19.6 Å². The van der Waals surface area contributed by atoms with Crippen LogP contribution in [-0.2, 0) is 4.79 Å². The van der Waals surface area contributed by atoms with E-state index in [1.54, 1.807) is 4.90 Å². The summed E-state index contributed by atoms with van der Waals surface area (Å²) in [4.78, 5) is 16.5. The number of likely N-dealkylation sites (tertiary alicyclic amines) is 1. The van der Waals surface area contributed by atoms with Gasteiger partial charge in [0.15, 0.2) is 11.5 Å². The number of carbonyl (C=O) groups excluding carboxylic acids is 1. The maximum atomic E-state index is 12.5. The first-order valence-corrected chi connectivity index (χ1v) is 8.99. The van der Waals surface area contributed by atoms with Crippen molar-refractivity contribution in [2.45, 2.75) is 18.4 Å². The number of aliphatic hydroxyl groups is 1. The van der Waals surface area contributed by atoms with Crippen molar-refractivity contribution in [3.8, 4) is 11.5 Å². The van der Waals surface area contributed by atoms with E-state index in [0.717, 1.165) is 49.7 Å². The molecule has 2 fully saturated rings. The van der Waals surface area contributed by atoms with Gasteiger partial charge in [0.2, 0.25) is 12.7 Å². The van der Waals surface area contributed by atoms with E-state index in [9.17, 15) is 9.90 Å². The Balaban J connectivity index is 0.00000196. The fraction of sp³-hybridized carbons (Fsp3) is 0.611. The monoisotopic (exact) mass is 383 g/mol. The summed E-state index contributed by atoms with van der Waals surface area (Å²) in [5.74, 6) is 1.63. The number of fused-ring (bicyclic) bond motifs is 1.